The van der Waals surface area contributed by atoms with Crippen LogP contribution in [0, 0.1) is 13.8 Å². The zero-order valence-electron chi connectivity index (χ0n) is 15.2. The maximum Gasteiger partial charge on any atom is 0.573 e. The fraction of sp³-hybridized carbons (Fsp3) is 0.143. The van der Waals surface area contributed by atoms with E-state index in [0.29, 0.717) is 11.3 Å². The Morgan fingerprint density at radius 2 is 1.54 bits per heavy atom. The van der Waals surface area contributed by atoms with Crippen molar-refractivity contribution in [2.45, 2.75) is 20.2 Å². The molecule has 0 aliphatic carbocycles. The summed E-state index contributed by atoms with van der Waals surface area (Å²) in [6.45, 7) is 3.74. The molecule has 0 atom stereocenters. The number of hydrogen-bond donors (Lipinski definition) is 1. The third kappa shape index (κ3) is 4.49. The van der Waals surface area contributed by atoms with Gasteiger partial charge < -0.3 is 10.1 Å². The van der Waals surface area contributed by atoms with Gasteiger partial charge in [0.2, 0.25) is 0 Å². The molecule has 3 aromatic rings. The number of halogens is 3. The van der Waals surface area contributed by atoms with Gasteiger partial charge in [0.1, 0.15) is 5.75 Å². The number of nitrogens with one attached hydrogen (secondary N) is 1. The number of ether oxygens (including phenoxy) is 1. The number of aryl methyl sites for hydroxylation is 2. The molecule has 1 N–H and O–H groups in total. The van der Waals surface area contributed by atoms with Crippen molar-refractivity contribution >= 4 is 11.6 Å². The first-order chi connectivity index (χ1) is 13.2. The smallest absolute Gasteiger partial charge is 0.406 e. The highest BCUT2D eigenvalue weighted by molar-refractivity contribution is 6.10. The lowest BCUT2D eigenvalue weighted by atomic mass is 9.92. The zero-order chi connectivity index (χ0) is 20.3. The molecule has 28 heavy (non-hydrogen) atoms. The molecule has 7 heteroatoms. The number of amides is 1. The van der Waals surface area contributed by atoms with E-state index >= 15 is 0 Å². The Bertz CT molecular complexity index is 985. The molecule has 0 spiro atoms. The van der Waals surface area contributed by atoms with Crippen LogP contribution in [0.4, 0.5) is 18.9 Å². The molecule has 0 saturated carbocycles. The van der Waals surface area contributed by atoms with Crippen molar-refractivity contribution in [3.63, 3.8) is 0 Å². The Balaban J connectivity index is 1.90. The summed E-state index contributed by atoms with van der Waals surface area (Å²) in [5, 5.41) is 2.74. The monoisotopic (exact) mass is 386 g/mol. The highest BCUT2D eigenvalue weighted by Gasteiger charge is 2.31. The fourth-order valence-corrected chi connectivity index (χ4v) is 2.93. The Hall–Kier alpha value is -3.35. The Labute approximate surface area is 160 Å². The lowest BCUT2D eigenvalue weighted by molar-refractivity contribution is -0.274. The van der Waals surface area contributed by atoms with Gasteiger partial charge in [0.05, 0.1) is 5.56 Å². The fourth-order valence-electron chi connectivity index (χ4n) is 2.93. The molecule has 0 fully saturated rings. The second-order valence-electron chi connectivity index (χ2n) is 6.21. The van der Waals surface area contributed by atoms with Gasteiger partial charge in [-0.15, -0.1) is 13.2 Å². The number of alkyl halides is 3. The van der Waals surface area contributed by atoms with E-state index < -0.39 is 6.36 Å². The number of nitrogens with zero attached hydrogens (tertiary/aromatic N) is 1. The van der Waals surface area contributed by atoms with E-state index in [4.69, 9.17) is 0 Å². The van der Waals surface area contributed by atoms with E-state index in [1.807, 2.05) is 38.1 Å². The van der Waals surface area contributed by atoms with Crippen LogP contribution in [0.1, 0.15) is 21.5 Å². The largest absolute Gasteiger partial charge is 0.573 e. The predicted molar refractivity (Wildman–Crippen MR) is 100 cm³/mol. The third-order valence-electron chi connectivity index (χ3n) is 4.16. The Kier molecular flexibility index (Phi) is 5.35. The van der Waals surface area contributed by atoms with E-state index in [9.17, 15) is 18.0 Å². The van der Waals surface area contributed by atoms with Crippen LogP contribution in [-0.2, 0) is 0 Å². The Morgan fingerprint density at radius 1 is 0.929 bits per heavy atom. The molecule has 0 saturated heterocycles. The van der Waals surface area contributed by atoms with Crippen LogP contribution < -0.4 is 10.1 Å². The minimum Gasteiger partial charge on any atom is -0.406 e. The van der Waals surface area contributed by atoms with Gasteiger partial charge in [-0.3, -0.25) is 9.78 Å². The summed E-state index contributed by atoms with van der Waals surface area (Å²) in [7, 11) is 0. The number of hydrogen-bond acceptors (Lipinski definition) is 3. The molecular weight excluding hydrogens is 369 g/mol. The summed E-state index contributed by atoms with van der Waals surface area (Å²) >= 11 is 0. The van der Waals surface area contributed by atoms with Crippen molar-refractivity contribution in [3.05, 3.63) is 77.6 Å². The molecule has 144 valence electrons. The second-order valence-corrected chi connectivity index (χ2v) is 6.21. The standard InChI is InChI=1S/C21H17F3N2O2/c1-13-3-4-14(2)19(18(13)15-9-11-25-12-10-15)20(27)26-16-5-7-17(8-6-16)28-21(22,23)24/h3-12H,1-2H3,(H,26,27). The van der Waals surface area contributed by atoms with Crippen LogP contribution in [0.15, 0.2) is 60.9 Å². The van der Waals surface area contributed by atoms with Gasteiger partial charge in [0.25, 0.3) is 5.91 Å². The average Bonchev–Trinajstić information content (AvgIpc) is 2.64. The van der Waals surface area contributed by atoms with Crippen molar-refractivity contribution in [3.8, 4) is 16.9 Å². The third-order valence-corrected chi connectivity index (χ3v) is 4.16. The van der Waals surface area contributed by atoms with Crippen LogP contribution in [0.5, 0.6) is 5.75 Å². The Morgan fingerprint density at radius 3 is 2.14 bits per heavy atom. The number of anilines is 1. The SMILES string of the molecule is Cc1ccc(C)c(-c2ccncc2)c1C(=O)Nc1ccc(OC(F)(F)F)cc1. The summed E-state index contributed by atoms with van der Waals surface area (Å²) in [6, 6.07) is 12.4. The van der Waals surface area contributed by atoms with Crippen LogP contribution in [0.25, 0.3) is 11.1 Å². The molecule has 0 unspecified atom stereocenters. The number of benzene rings is 2. The molecular formula is C21H17F3N2O2. The van der Waals surface area contributed by atoms with E-state index in [-0.39, 0.29) is 11.7 Å². The molecule has 1 heterocycles. The van der Waals surface area contributed by atoms with Gasteiger partial charge in [-0.25, -0.2) is 0 Å². The first-order valence-corrected chi connectivity index (χ1v) is 8.42. The normalized spacial score (nSPS) is 11.2. The molecule has 1 aromatic heterocycles. The van der Waals surface area contributed by atoms with Gasteiger partial charge in [-0.05, 0) is 72.5 Å². The highest BCUT2D eigenvalue weighted by Crippen LogP contribution is 2.30. The lowest BCUT2D eigenvalue weighted by Crippen LogP contribution is -2.17. The molecule has 0 radical (unpaired) electrons. The number of aromatic nitrogens is 1. The minimum atomic E-state index is -4.76. The van der Waals surface area contributed by atoms with Crippen molar-refractivity contribution < 1.29 is 22.7 Å². The van der Waals surface area contributed by atoms with E-state index in [0.717, 1.165) is 34.4 Å². The van der Waals surface area contributed by atoms with E-state index in [2.05, 4.69) is 15.0 Å². The summed E-state index contributed by atoms with van der Waals surface area (Å²) in [6.07, 6.45) is -1.46. The van der Waals surface area contributed by atoms with Crippen molar-refractivity contribution in [2.75, 3.05) is 5.32 Å². The van der Waals surface area contributed by atoms with Gasteiger partial charge in [-0.2, -0.15) is 0 Å². The van der Waals surface area contributed by atoms with Gasteiger partial charge in [0, 0.05) is 18.1 Å². The van der Waals surface area contributed by atoms with Crippen molar-refractivity contribution in [1.29, 1.82) is 0 Å². The molecule has 0 aliphatic rings. The first-order valence-electron chi connectivity index (χ1n) is 8.42. The quantitative estimate of drug-likeness (QED) is 0.643. The molecule has 0 bridgehead atoms. The van der Waals surface area contributed by atoms with Crippen LogP contribution in [-0.4, -0.2) is 17.3 Å². The minimum absolute atomic E-state index is 0.350. The summed E-state index contributed by atoms with van der Waals surface area (Å²) in [4.78, 5) is 17.0. The van der Waals surface area contributed by atoms with Crippen LogP contribution in [0.2, 0.25) is 0 Å². The predicted octanol–water partition coefficient (Wildman–Crippen LogP) is 5.52. The second kappa shape index (κ2) is 7.72. The average molecular weight is 386 g/mol. The van der Waals surface area contributed by atoms with E-state index in [1.54, 1.807) is 12.4 Å². The van der Waals surface area contributed by atoms with Gasteiger partial charge in [-0.1, -0.05) is 12.1 Å². The van der Waals surface area contributed by atoms with Crippen LogP contribution in [0.3, 0.4) is 0 Å². The summed E-state index contributed by atoms with van der Waals surface area (Å²) < 4.78 is 40.6. The lowest BCUT2D eigenvalue weighted by Gasteiger charge is -2.16. The number of carbonyl (C=O) groups excluding carboxylic acids is 1. The number of pyridine rings is 1. The first kappa shape index (κ1) is 19.4. The van der Waals surface area contributed by atoms with Gasteiger partial charge >= 0.3 is 6.36 Å². The molecule has 4 nitrogen and oxygen atoms in total. The molecule has 2 aromatic carbocycles. The summed E-state index contributed by atoms with van der Waals surface area (Å²) in [5.74, 6) is -0.702. The molecule has 3 rings (SSSR count). The number of carbonyl (C=O) groups is 1. The van der Waals surface area contributed by atoms with Crippen molar-refractivity contribution in [1.82, 2.24) is 4.98 Å². The van der Waals surface area contributed by atoms with Gasteiger partial charge in [0.15, 0.2) is 0 Å². The summed E-state index contributed by atoms with van der Waals surface area (Å²) in [5.41, 5.74) is 4.22. The maximum atomic E-state index is 13.0. The van der Waals surface area contributed by atoms with Crippen LogP contribution >= 0.6 is 0 Å². The molecule has 1 amide bonds. The van der Waals surface area contributed by atoms with E-state index in [1.165, 1.54) is 12.1 Å². The highest BCUT2D eigenvalue weighted by atomic mass is 19.4. The molecule has 0 aliphatic heterocycles. The van der Waals surface area contributed by atoms with Crippen molar-refractivity contribution in [2.24, 2.45) is 0 Å². The maximum absolute atomic E-state index is 13.0. The topological polar surface area (TPSA) is 51.2 Å². The zero-order valence-corrected chi connectivity index (χ0v) is 15.2. The number of rotatable bonds is 4.